The van der Waals surface area contributed by atoms with Crippen molar-refractivity contribution < 1.29 is 9.53 Å². The molecule has 0 aliphatic heterocycles. The Morgan fingerprint density at radius 1 is 1.42 bits per heavy atom. The molecule has 5 nitrogen and oxygen atoms in total. The van der Waals surface area contributed by atoms with Crippen LogP contribution in [0.3, 0.4) is 0 Å². The van der Waals surface area contributed by atoms with Gasteiger partial charge < -0.3 is 4.74 Å². The van der Waals surface area contributed by atoms with Crippen LogP contribution in [0.2, 0.25) is 0 Å². The molecule has 0 unspecified atom stereocenters. The maximum Gasteiger partial charge on any atom is 0.185 e. The van der Waals surface area contributed by atoms with E-state index in [9.17, 15) is 4.79 Å². The maximum atomic E-state index is 11.8. The molecule has 1 heterocycles. The molecule has 0 atom stereocenters. The van der Waals surface area contributed by atoms with Crippen LogP contribution < -0.4 is 4.74 Å². The zero-order valence-electron chi connectivity index (χ0n) is 9.81. The van der Waals surface area contributed by atoms with Crippen molar-refractivity contribution in [3.05, 3.63) is 47.0 Å². The number of nitrogens with zero attached hydrogens (tertiary/aromatic N) is 3. The molecule has 0 aliphatic rings. The van der Waals surface area contributed by atoms with Crippen molar-refractivity contribution in [2.75, 3.05) is 6.61 Å². The summed E-state index contributed by atoms with van der Waals surface area (Å²) in [6.45, 7) is -0.00990. The Bertz CT molecular complexity index is 612. The highest BCUT2D eigenvalue weighted by Gasteiger charge is 2.02. The van der Waals surface area contributed by atoms with E-state index in [-0.39, 0.29) is 12.4 Å². The Hall–Kier alpha value is -2.52. The normalized spacial score (nSPS) is 10.3. The Morgan fingerprint density at radius 2 is 2.21 bits per heavy atom. The number of ether oxygens (including phenoxy) is 1. The Labute approximate surface area is 113 Å². The molecule has 2 rings (SSSR count). The van der Waals surface area contributed by atoms with Crippen molar-refractivity contribution in [1.29, 1.82) is 5.26 Å². The highest BCUT2D eigenvalue weighted by molar-refractivity contribution is 7.03. The summed E-state index contributed by atoms with van der Waals surface area (Å²) in [6, 6.07) is 8.49. The van der Waals surface area contributed by atoms with Crippen molar-refractivity contribution in [2.45, 2.75) is 0 Å². The van der Waals surface area contributed by atoms with Crippen LogP contribution in [-0.4, -0.2) is 22.0 Å². The third-order valence-electron chi connectivity index (χ3n) is 2.22. The second kappa shape index (κ2) is 6.42. The van der Waals surface area contributed by atoms with Crippen LogP contribution in [0.4, 0.5) is 0 Å². The number of nitriles is 1. The largest absolute Gasteiger partial charge is 0.479 e. The predicted octanol–water partition coefficient (Wildman–Crippen LogP) is 2.34. The van der Waals surface area contributed by atoms with Gasteiger partial charge in [0.15, 0.2) is 12.4 Å². The van der Waals surface area contributed by atoms with Crippen LogP contribution in [0.1, 0.15) is 16.1 Å². The molecule has 1 aromatic heterocycles. The lowest BCUT2D eigenvalue weighted by atomic mass is 10.1. The molecule has 0 saturated carbocycles. The molecule has 0 bridgehead atoms. The number of ketones is 1. The monoisotopic (exact) mass is 271 g/mol. The van der Waals surface area contributed by atoms with Crippen molar-refractivity contribution >= 4 is 23.4 Å². The predicted molar refractivity (Wildman–Crippen MR) is 70.8 cm³/mol. The minimum absolute atomic E-state index is 0.00990. The number of carbonyl (C=O) groups is 1. The van der Waals surface area contributed by atoms with E-state index in [0.717, 1.165) is 0 Å². The van der Waals surface area contributed by atoms with Crippen LogP contribution in [-0.2, 0) is 0 Å². The third kappa shape index (κ3) is 3.72. The first-order valence-electron chi connectivity index (χ1n) is 5.39. The fourth-order valence-electron chi connectivity index (χ4n) is 1.33. The summed E-state index contributed by atoms with van der Waals surface area (Å²) < 4.78 is 8.80. The van der Waals surface area contributed by atoms with E-state index in [1.165, 1.54) is 17.6 Å². The van der Waals surface area contributed by atoms with E-state index in [4.69, 9.17) is 10.00 Å². The minimum atomic E-state index is -0.125. The summed E-state index contributed by atoms with van der Waals surface area (Å²) in [4.78, 5) is 11.8. The molecule has 94 valence electrons. The van der Waals surface area contributed by atoms with Gasteiger partial charge in [-0.15, -0.1) is 5.10 Å². The van der Waals surface area contributed by atoms with Crippen molar-refractivity contribution in [3.8, 4) is 11.8 Å². The van der Waals surface area contributed by atoms with Gasteiger partial charge in [0.1, 0.15) is 11.8 Å². The minimum Gasteiger partial charge on any atom is -0.479 e. The highest BCUT2D eigenvalue weighted by Crippen LogP contribution is 2.13. The molecule has 0 spiro atoms. The van der Waals surface area contributed by atoms with E-state index in [1.54, 1.807) is 35.7 Å². The first kappa shape index (κ1) is 12.9. The van der Waals surface area contributed by atoms with Gasteiger partial charge in [-0.05, 0) is 47.9 Å². The second-order valence-corrected chi connectivity index (χ2v) is 4.11. The number of benzene rings is 1. The summed E-state index contributed by atoms with van der Waals surface area (Å²) in [5.41, 5.74) is 1.20. The van der Waals surface area contributed by atoms with Crippen LogP contribution in [0, 0.1) is 11.3 Å². The molecular weight excluding hydrogens is 262 g/mol. The van der Waals surface area contributed by atoms with Gasteiger partial charge >= 0.3 is 0 Å². The fourth-order valence-corrected chi connectivity index (χ4v) is 1.76. The van der Waals surface area contributed by atoms with Crippen molar-refractivity contribution in [2.24, 2.45) is 0 Å². The quantitative estimate of drug-likeness (QED) is 0.616. The Morgan fingerprint density at radius 3 is 2.84 bits per heavy atom. The molecular formula is C13H9N3O2S. The summed E-state index contributed by atoms with van der Waals surface area (Å²) in [5, 5.41) is 13.9. The van der Waals surface area contributed by atoms with Gasteiger partial charge in [-0.2, -0.15) is 5.26 Å². The molecule has 2 aromatic rings. The molecule has 0 amide bonds. The molecule has 0 N–H and O–H groups in total. The topological polar surface area (TPSA) is 75.9 Å². The van der Waals surface area contributed by atoms with Gasteiger partial charge in [0.2, 0.25) is 0 Å². The van der Waals surface area contributed by atoms with Crippen LogP contribution in [0.25, 0.3) is 6.08 Å². The number of aromatic nitrogens is 2. The first-order valence-corrected chi connectivity index (χ1v) is 6.22. The summed E-state index contributed by atoms with van der Waals surface area (Å²) in [5.74, 6) is 0.436. The Balaban J connectivity index is 2.02. The van der Waals surface area contributed by atoms with E-state index in [1.807, 2.05) is 6.07 Å². The van der Waals surface area contributed by atoms with E-state index < -0.39 is 0 Å². The lowest BCUT2D eigenvalue weighted by Gasteiger charge is -2.01. The lowest BCUT2D eigenvalue weighted by molar-refractivity contribution is 0.104. The van der Waals surface area contributed by atoms with Crippen LogP contribution >= 0.6 is 11.5 Å². The van der Waals surface area contributed by atoms with Crippen molar-refractivity contribution in [1.82, 2.24) is 9.59 Å². The molecule has 6 heteroatoms. The standard InChI is InChI=1S/C13H9N3O2S/c14-7-8-18-12-4-1-10(2-5-12)13(17)6-3-11-9-19-16-15-11/h1-6,9H,8H2/b6-3+. The van der Waals surface area contributed by atoms with Gasteiger partial charge in [-0.3, -0.25) is 4.79 Å². The smallest absolute Gasteiger partial charge is 0.185 e. The average Bonchev–Trinajstić information content (AvgIpc) is 2.96. The SMILES string of the molecule is N#CCOc1ccc(C(=O)/C=C/c2csnn2)cc1. The summed E-state index contributed by atoms with van der Waals surface area (Å²) in [7, 11) is 0. The average molecular weight is 271 g/mol. The van der Waals surface area contributed by atoms with Gasteiger partial charge in [-0.25, -0.2) is 0 Å². The number of hydrogen-bond acceptors (Lipinski definition) is 6. The third-order valence-corrected chi connectivity index (χ3v) is 2.75. The zero-order valence-corrected chi connectivity index (χ0v) is 10.6. The number of rotatable bonds is 5. The summed E-state index contributed by atoms with van der Waals surface area (Å²) >= 11 is 1.23. The molecule has 19 heavy (non-hydrogen) atoms. The second-order valence-electron chi connectivity index (χ2n) is 3.50. The van der Waals surface area contributed by atoms with E-state index in [0.29, 0.717) is 17.0 Å². The van der Waals surface area contributed by atoms with E-state index >= 15 is 0 Å². The molecule has 1 aromatic carbocycles. The molecule has 0 saturated heterocycles. The Kier molecular flexibility index (Phi) is 4.37. The van der Waals surface area contributed by atoms with Crippen LogP contribution in [0.5, 0.6) is 5.75 Å². The van der Waals surface area contributed by atoms with Crippen LogP contribution in [0.15, 0.2) is 35.7 Å². The molecule has 0 radical (unpaired) electrons. The van der Waals surface area contributed by atoms with E-state index in [2.05, 4.69) is 9.59 Å². The van der Waals surface area contributed by atoms with Gasteiger partial charge in [0.05, 0.1) is 5.69 Å². The van der Waals surface area contributed by atoms with Crippen molar-refractivity contribution in [3.63, 3.8) is 0 Å². The lowest BCUT2D eigenvalue weighted by Crippen LogP contribution is -1.96. The van der Waals surface area contributed by atoms with Gasteiger partial charge in [0, 0.05) is 10.9 Å². The molecule has 0 aliphatic carbocycles. The molecule has 0 fully saturated rings. The fraction of sp³-hybridized carbons (Fsp3) is 0.0769. The zero-order chi connectivity index (χ0) is 13.5. The maximum absolute atomic E-state index is 11.8. The first-order chi connectivity index (χ1) is 9.29. The summed E-state index contributed by atoms with van der Waals surface area (Å²) in [6.07, 6.45) is 3.06. The van der Waals surface area contributed by atoms with Gasteiger partial charge in [0.25, 0.3) is 0 Å². The number of allylic oxidation sites excluding steroid dienone is 1. The van der Waals surface area contributed by atoms with Gasteiger partial charge in [-0.1, -0.05) is 4.49 Å². The number of carbonyl (C=O) groups excluding carboxylic acids is 1. The number of hydrogen-bond donors (Lipinski definition) is 0. The highest BCUT2D eigenvalue weighted by atomic mass is 32.1.